The summed E-state index contributed by atoms with van der Waals surface area (Å²) in [4.78, 5) is 18.7. The molecule has 1 amide bonds. The molecule has 242 valence electrons. The summed E-state index contributed by atoms with van der Waals surface area (Å²) < 4.78 is 42.6. The van der Waals surface area contributed by atoms with Gasteiger partial charge in [-0.1, -0.05) is 52.1 Å². The number of halogens is 3. The predicted molar refractivity (Wildman–Crippen MR) is 173 cm³/mol. The molecule has 1 saturated carbocycles. The van der Waals surface area contributed by atoms with Crippen LogP contribution in [0.4, 0.5) is 5.82 Å². The van der Waals surface area contributed by atoms with E-state index >= 15 is 0 Å². The van der Waals surface area contributed by atoms with E-state index in [9.17, 15) is 18.3 Å². The Morgan fingerprint density at radius 3 is 2.57 bits per heavy atom. The number of ether oxygens (including phenoxy) is 1. The number of β-amino-alcohol motifs (C(OH)–C–C–N with tert-alkyl or cyclic N) is 1. The molecule has 4 aromatic rings. The number of nitrogens with one attached hydrogen (secondary N) is 1. The van der Waals surface area contributed by atoms with Crippen LogP contribution < -0.4 is 15.0 Å². The molecule has 11 nitrogen and oxygen atoms in total. The fourth-order valence-corrected chi connectivity index (χ4v) is 6.79. The molecule has 3 heterocycles. The molecule has 2 aromatic heterocycles. The van der Waals surface area contributed by atoms with Gasteiger partial charge in [-0.15, -0.1) is 0 Å². The lowest BCUT2D eigenvalue weighted by Gasteiger charge is -2.26. The van der Waals surface area contributed by atoms with Crippen molar-refractivity contribution in [1.29, 1.82) is 0 Å². The first-order valence-electron chi connectivity index (χ1n) is 14.4. The van der Waals surface area contributed by atoms with Crippen LogP contribution in [0.3, 0.4) is 0 Å². The zero-order valence-corrected chi connectivity index (χ0v) is 27.3. The zero-order chi connectivity index (χ0) is 32.6. The van der Waals surface area contributed by atoms with Gasteiger partial charge >= 0.3 is 0 Å². The van der Waals surface area contributed by atoms with Gasteiger partial charge in [0.15, 0.2) is 0 Å². The molecular weight excluding hydrogens is 679 g/mol. The van der Waals surface area contributed by atoms with Crippen molar-refractivity contribution in [3.63, 3.8) is 0 Å². The number of carbonyl (C=O) groups is 1. The number of nitrogens with zero attached hydrogens (tertiary/aromatic N) is 3. The van der Waals surface area contributed by atoms with Crippen molar-refractivity contribution in [3.05, 3.63) is 92.2 Å². The number of anilines is 1. The van der Waals surface area contributed by atoms with E-state index < -0.39 is 27.4 Å². The molecule has 3 N–H and O–H groups in total. The minimum atomic E-state index is -4.20. The summed E-state index contributed by atoms with van der Waals surface area (Å²) in [5, 5.41) is 19.6. The van der Waals surface area contributed by atoms with Gasteiger partial charge in [0.05, 0.1) is 32.9 Å². The third kappa shape index (κ3) is 7.12. The smallest absolute Gasteiger partial charge is 0.266 e. The Morgan fingerprint density at radius 2 is 1.87 bits per heavy atom. The lowest BCUT2D eigenvalue weighted by Crippen LogP contribution is -2.32. The van der Waals surface area contributed by atoms with Gasteiger partial charge in [0.25, 0.3) is 16.0 Å². The van der Waals surface area contributed by atoms with Crippen LogP contribution in [0.5, 0.6) is 5.75 Å². The fraction of sp³-hybridized carbons (Fsp3) is 0.323. The second kappa shape index (κ2) is 13.0. The summed E-state index contributed by atoms with van der Waals surface area (Å²) in [7, 11) is -4.20. The van der Waals surface area contributed by atoms with E-state index in [1.165, 1.54) is 12.3 Å². The topological polar surface area (TPSA) is 155 Å². The van der Waals surface area contributed by atoms with Crippen LogP contribution >= 0.6 is 34.8 Å². The fourth-order valence-electron chi connectivity index (χ4n) is 5.50. The number of pyridine rings is 1. The maximum Gasteiger partial charge on any atom is 0.266 e. The average Bonchev–Trinajstić information content (AvgIpc) is 3.65. The summed E-state index contributed by atoms with van der Waals surface area (Å²) in [6, 6.07) is 13.4. The molecule has 2 fully saturated rings. The maximum atomic E-state index is 12.5. The molecule has 46 heavy (non-hydrogen) atoms. The highest BCUT2D eigenvalue weighted by Gasteiger charge is 2.40. The third-order valence-electron chi connectivity index (χ3n) is 8.02. The van der Waals surface area contributed by atoms with Gasteiger partial charge in [0.1, 0.15) is 35.2 Å². The number of aromatic nitrogens is 2. The van der Waals surface area contributed by atoms with Crippen LogP contribution in [-0.2, 0) is 22.3 Å². The highest BCUT2D eigenvalue weighted by Crippen LogP contribution is 2.46. The number of aliphatic hydroxyl groups is 1. The van der Waals surface area contributed by atoms with Crippen molar-refractivity contribution in [2.45, 2.75) is 37.4 Å². The van der Waals surface area contributed by atoms with Gasteiger partial charge < -0.3 is 24.6 Å². The molecule has 1 saturated heterocycles. The Hall–Kier alpha value is -3.39. The number of hydrogen-bond donors (Lipinski definition) is 3. The summed E-state index contributed by atoms with van der Waals surface area (Å²) in [5.41, 5.74) is 1.37. The molecule has 15 heteroatoms. The first-order chi connectivity index (χ1) is 21.9. The lowest BCUT2D eigenvalue weighted by molar-refractivity contribution is 0.0607. The van der Waals surface area contributed by atoms with E-state index in [1.807, 2.05) is 4.90 Å². The first kappa shape index (κ1) is 32.5. The Labute approximate surface area is 280 Å². The van der Waals surface area contributed by atoms with E-state index in [0.717, 1.165) is 24.2 Å². The molecular formula is C31H29Cl3N4O7S. The molecule has 1 atom stereocenters. The summed E-state index contributed by atoms with van der Waals surface area (Å²) in [6.45, 7) is 0.512. The van der Waals surface area contributed by atoms with Crippen LogP contribution in [0.25, 0.3) is 11.3 Å². The van der Waals surface area contributed by atoms with Crippen LogP contribution in [0, 0.1) is 0 Å². The molecule has 0 spiro atoms. The maximum absolute atomic E-state index is 12.5. The van der Waals surface area contributed by atoms with Gasteiger partial charge in [0, 0.05) is 41.9 Å². The second-order valence-corrected chi connectivity index (χ2v) is 14.1. The van der Waals surface area contributed by atoms with Gasteiger partial charge in [-0.2, -0.15) is 8.42 Å². The Kier molecular flexibility index (Phi) is 9.21. The number of carbonyl (C=O) groups excluding carboxylic acids is 1. The highest BCUT2D eigenvalue weighted by atomic mass is 35.5. The van der Waals surface area contributed by atoms with Crippen LogP contribution in [0.2, 0.25) is 15.1 Å². The molecule has 1 unspecified atom stereocenters. The molecule has 6 rings (SSSR count). The minimum absolute atomic E-state index is 0.144. The summed E-state index contributed by atoms with van der Waals surface area (Å²) in [6.07, 6.45) is 3.81. The van der Waals surface area contributed by atoms with E-state index in [0.29, 0.717) is 56.4 Å². The van der Waals surface area contributed by atoms with Crippen molar-refractivity contribution in [2.24, 2.45) is 0 Å². The molecule has 0 radical (unpaired) electrons. The number of amides is 1. The molecule has 2 aromatic carbocycles. The number of benzene rings is 2. The van der Waals surface area contributed by atoms with E-state index in [1.54, 1.807) is 42.5 Å². The van der Waals surface area contributed by atoms with Crippen LogP contribution in [0.15, 0.2) is 59.3 Å². The van der Waals surface area contributed by atoms with Crippen LogP contribution in [-0.4, -0.2) is 59.5 Å². The van der Waals surface area contributed by atoms with Gasteiger partial charge in [0.2, 0.25) is 0 Å². The van der Waals surface area contributed by atoms with Crippen molar-refractivity contribution in [1.82, 2.24) is 15.5 Å². The SMILES string of the molecule is O=C(NCCS(=O)(=O)O)c1ccnc(N2CCC(O)(c3ccc(OCc4c(-c5c(Cl)cccc5Cl)noc4C4CC4)cc3Cl)C2)c1. The van der Waals surface area contributed by atoms with Crippen molar-refractivity contribution in [2.75, 3.05) is 30.3 Å². The van der Waals surface area contributed by atoms with E-state index in [2.05, 4.69) is 15.5 Å². The van der Waals surface area contributed by atoms with Gasteiger partial charge in [-0.05, 0) is 55.7 Å². The Morgan fingerprint density at radius 1 is 1.11 bits per heavy atom. The standard InChI is InChI=1S/C31H29Cl3N4O7S/c32-23-2-1-3-24(33)27(23)28-21(29(45-37-28)18-4-5-18)16-44-20-6-7-22(25(34)15-20)31(40)9-12-38(17-31)26-14-19(8-10-35-26)30(39)36-11-13-46(41,42)43/h1-3,6-8,10,14-15,18,40H,4-5,9,11-13,16-17H2,(H,36,39)(H,41,42,43). The monoisotopic (exact) mass is 706 g/mol. The molecule has 1 aliphatic carbocycles. The van der Waals surface area contributed by atoms with E-state index in [-0.39, 0.29) is 31.2 Å². The summed E-state index contributed by atoms with van der Waals surface area (Å²) in [5.74, 6) is 0.854. The van der Waals surface area contributed by atoms with E-state index in [4.69, 9.17) is 48.6 Å². The summed E-state index contributed by atoms with van der Waals surface area (Å²) >= 11 is 19.7. The first-order valence-corrected chi connectivity index (χ1v) is 17.2. The molecule has 2 aliphatic rings. The Bertz CT molecular complexity index is 1880. The third-order valence-corrected chi connectivity index (χ3v) is 9.68. The molecule has 1 aliphatic heterocycles. The lowest BCUT2D eigenvalue weighted by atomic mass is 9.93. The van der Waals surface area contributed by atoms with Crippen molar-refractivity contribution >= 4 is 56.6 Å². The van der Waals surface area contributed by atoms with Gasteiger partial charge in [-0.25, -0.2) is 4.98 Å². The van der Waals surface area contributed by atoms with Gasteiger partial charge in [-0.3, -0.25) is 9.35 Å². The number of hydrogen-bond acceptors (Lipinski definition) is 9. The second-order valence-electron chi connectivity index (χ2n) is 11.3. The Balaban J connectivity index is 1.15. The highest BCUT2D eigenvalue weighted by molar-refractivity contribution is 7.85. The van der Waals surface area contributed by atoms with Crippen molar-refractivity contribution < 1.29 is 32.1 Å². The quantitative estimate of drug-likeness (QED) is 0.161. The normalized spacial score (nSPS) is 18.2. The minimum Gasteiger partial charge on any atom is -0.489 e. The predicted octanol–water partition coefficient (Wildman–Crippen LogP) is 5.87. The van der Waals surface area contributed by atoms with Crippen LogP contribution in [0.1, 0.15) is 52.4 Å². The van der Waals surface area contributed by atoms with Crippen molar-refractivity contribution in [3.8, 4) is 17.0 Å². The number of rotatable bonds is 11. The largest absolute Gasteiger partial charge is 0.489 e. The average molecular weight is 708 g/mol. The zero-order valence-electron chi connectivity index (χ0n) is 24.2. The molecule has 0 bridgehead atoms.